The van der Waals surface area contributed by atoms with E-state index in [4.69, 9.17) is 4.74 Å². The van der Waals surface area contributed by atoms with Crippen molar-refractivity contribution in [3.8, 4) is 0 Å². The fourth-order valence-electron chi connectivity index (χ4n) is 2.35. The highest BCUT2D eigenvalue weighted by Gasteiger charge is 2.35. The van der Waals surface area contributed by atoms with Crippen LogP contribution < -0.4 is 0 Å². The van der Waals surface area contributed by atoms with E-state index in [1.807, 2.05) is 6.92 Å². The molecule has 2 rings (SSSR count). The highest BCUT2D eigenvalue weighted by molar-refractivity contribution is 5.79. The molecule has 0 N–H and O–H groups in total. The number of Topliss-reactive ketones (excluding diaryl/α,β-unsaturated/α-hetero) is 1. The van der Waals surface area contributed by atoms with Crippen molar-refractivity contribution in [3.05, 3.63) is 0 Å². The SMILES string of the molecule is CCOC1CC(N2CCC(=O)CC2)C1. The number of ketones is 1. The van der Waals surface area contributed by atoms with E-state index in [-0.39, 0.29) is 0 Å². The minimum Gasteiger partial charge on any atom is -0.378 e. The first-order valence-electron chi connectivity index (χ1n) is 5.67. The lowest BCUT2D eigenvalue weighted by atomic mass is 9.86. The molecule has 0 amide bonds. The summed E-state index contributed by atoms with van der Waals surface area (Å²) >= 11 is 0. The van der Waals surface area contributed by atoms with Crippen LogP contribution in [0.1, 0.15) is 32.6 Å². The number of nitrogens with zero attached hydrogens (tertiary/aromatic N) is 1. The first-order valence-corrected chi connectivity index (χ1v) is 5.67. The minimum atomic E-state index is 0.432. The summed E-state index contributed by atoms with van der Waals surface area (Å²) < 4.78 is 5.53. The van der Waals surface area contributed by atoms with E-state index in [1.165, 1.54) is 12.8 Å². The molecule has 1 saturated carbocycles. The molecule has 1 saturated heterocycles. The summed E-state index contributed by atoms with van der Waals surface area (Å²) in [7, 11) is 0. The van der Waals surface area contributed by atoms with Crippen molar-refractivity contribution >= 4 is 5.78 Å². The number of hydrogen-bond acceptors (Lipinski definition) is 3. The minimum absolute atomic E-state index is 0.432. The van der Waals surface area contributed by atoms with E-state index < -0.39 is 0 Å². The van der Waals surface area contributed by atoms with Crippen LogP contribution in [0.2, 0.25) is 0 Å². The van der Waals surface area contributed by atoms with E-state index in [9.17, 15) is 4.79 Å². The molecule has 3 nitrogen and oxygen atoms in total. The van der Waals surface area contributed by atoms with Crippen LogP contribution in [0.5, 0.6) is 0 Å². The number of carbonyl (C=O) groups excluding carboxylic acids is 1. The van der Waals surface area contributed by atoms with Crippen LogP contribution >= 0.6 is 0 Å². The quantitative estimate of drug-likeness (QED) is 0.681. The van der Waals surface area contributed by atoms with Gasteiger partial charge in [0.05, 0.1) is 6.10 Å². The van der Waals surface area contributed by atoms with Gasteiger partial charge in [-0.3, -0.25) is 9.69 Å². The van der Waals surface area contributed by atoms with Gasteiger partial charge in [0.25, 0.3) is 0 Å². The molecule has 1 heterocycles. The smallest absolute Gasteiger partial charge is 0.135 e. The molecule has 1 aliphatic carbocycles. The van der Waals surface area contributed by atoms with Crippen molar-refractivity contribution in [1.29, 1.82) is 0 Å². The van der Waals surface area contributed by atoms with Crippen LogP contribution in [0, 0.1) is 0 Å². The maximum absolute atomic E-state index is 11.1. The molecule has 2 fully saturated rings. The molecule has 0 atom stereocenters. The number of piperidine rings is 1. The van der Waals surface area contributed by atoms with Crippen LogP contribution in [0.25, 0.3) is 0 Å². The molecular formula is C11H19NO2. The van der Waals surface area contributed by atoms with Gasteiger partial charge in [-0.1, -0.05) is 0 Å². The Morgan fingerprint density at radius 2 is 2.00 bits per heavy atom. The van der Waals surface area contributed by atoms with Crippen LogP contribution in [-0.4, -0.2) is 42.5 Å². The Labute approximate surface area is 85.4 Å². The molecule has 0 bridgehead atoms. The lowest BCUT2D eigenvalue weighted by Gasteiger charge is -2.43. The van der Waals surface area contributed by atoms with Gasteiger partial charge in [-0.15, -0.1) is 0 Å². The molecule has 80 valence electrons. The number of likely N-dealkylation sites (tertiary alicyclic amines) is 1. The number of rotatable bonds is 3. The fraction of sp³-hybridized carbons (Fsp3) is 0.909. The normalized spacial score (nSPS) is 34.2. The van der Waals surface area contributed by atoms with Crippen molar-refractivity contribution in [3.63, 3.8) is 0 Å². The first-order chi connectivity index (χ1) is 6.79. The van der Waals surface area contributed by atoms with Crippen molar-refractivity contribution in [2.75, 3.05) is 19.7 Å². The summed E-state index contributed by atoms with van der Waals surface area (Å²) in [5, 5.41) is 0. The second-order valence-electron chi connectivity index (χ2n) is 4.28. The summed E-state index contributed by atoms with van der Waals surface area (Å²) in [5.74, 6) is 0.432. The molecule has 1 aliphatic heterocycles. The molecule has 0 aromatic rings. The van der Waals surface area contributed by atoms with Crippen molar-refractivity contribution in [1.82, 2.24) is 4.90 Å². The van der Waals surface area contributed by atoms with Crippen LogP contribution in [-0.2, 0) is 9.53 Å². The first kappa shape index (κ1) is 10.1. The number of hydrogen-bond donors (Lipinski definition) is 0. The van der Waals surface area contributed by atoms with Gasteiger partial charge >= 0.3 is 0 Å². The Balaban J connectivity index is 1.69. The highest BCUT2D eigenvalue weighted by Crippen LogP contribution is 2.29. The average Bonchev–Trinajstić information content (AvgIpc) is 2.13. The van der Waals surface area contributed by atoms with Crippen LogP contribution in [0.15, 0.2) is 0 Å². The fourth-order valence-corrected chi connectivity index (χ4v) is 2.35. The third-order valence-corrected chi connectivity index (χ3v) is 3.34. The Hall–Kier alpha value is -0.410. The Bertz CT molecular complexity index is 201. The molecule has 2 aliphatic rings. The molecule has 0 unspecified atom stereocenters. The second kappa shape index (κ2) is 4.41. The predicted octanol–water partition coefficient (Wildman–Crippen LogP) is 1.22. The monoisotopic (exact) mass is 197 g/mol. The number of carbonyl (C=O) groups is 1. The van der Waals surface area contributed by atoms with Crippen LogP contribution in [0.3, 0.4) is 0 Å². The zero-order valence-corrected chi connectivity index (χ0v) is 8.87. The van der Waals surface area contributed by atoms with Crippen molar-refractivity contribution in [2.24, 2.45) is 0 Å². The maximum atomic E-state index is 11.1. The Morgan fingerprint density at radius 3 is 2.57 bits per heavy atom. The van der Waals surface area contributed by atoms with E-state index in [0.717, 1.165) is 32.5 Å². The van der Waals surface area contributed by atoms with Gasteiger partial charge in [0.15, 0.2) is 0 Å². The third kappa shape index (κ3) is 2.15. The highest BCUT2D eigenvalue weighted by atomic mass is 16.5. The van der Waals surface area contributed by atoms with Crippen molar-refractivity contribution < 1.29 is 9.53 Å². The van der Waals surface area contributed by atoms with E-state index in [2.05, 4.69) is 4.90 Å². The number of ether oxygens (including phenoxy) is 1. The summed E-state index contributed by atoms with van der Waals surface area (Å²) in [4.78, 5) is 13.5. The van der Waals surface area contributed by atoms with Gasteiger partial charge in [0.1, 0.15) is 5.78 Å². The van der Waals surface area contributed by atoms with E-state index in [0.29, 0.717) is 17.9 Å². The van der Waals surface area contributed by atoms with Crippen molar-refractivity contribution in [2.45, 2.75) is 44.8 Å². The summed E-state index contributed by atoms with van der Waals surface area (Å²) in [6.45, 7) is 4.83. The Morgan fingerprint density at radius 1 is 1.36 bits per heavy atom. The summed E-state index contributed by atoms with van der Waals surface area (Å²) in [5.41, 5.74) is 0. The van der Waals surface area contributed by atoms with Gasteiger partial charge in [0, 0.05) is 38.6 Å². The molecule has 14 heavy (non-hydrogen) atoms. The zero-order valence-electron chi connectivity index (χ0n) is 8.87. The van der Waals surface area contributed by atoms with Gasteiger partial charge in [-0.25, -0.2) is 0 Å². The maximum Gasteiger partial charge on any atom is 0.135 e. The van der Waals surface area contributed by atoms with E-state index >= 15 is 0 Å². The van der Waals surface area contributed by atoms with Gasteiger partial charge < -0.3 is 4.74 Å². The summed E-state index contributed by atoms with van der Waals surface area (Å²) in [6.07, 6.45) is 4.35. The molecular weight excluding hydrogens is 178 g/mol. The van der Waals surface area contributed by atoms with Gasteiger partial charge in [0.2, 0.25) is 0 Å². The third-order valence-electron chi connectivity index (χ3n) is 3.34. The molecule has 0 aromatic heterocycles. The lowest BCUT2D eigenvalue weighted by molar-refractivity contribution is -0.123. The lowest BCUT2D eigenvalue weighted by Crippen LogP contribution is -2.50. The Kier molecular flexibility index (Phi) is 3.19. The predicted molar refractivity (Wildman–Crippen MR) is 54.3 cm³/mol. The van der Waals surface area contributed by atoms with E-state index in [1.54, 1.807) is 0 Å². The largest absolute Gasteiger partial charge is 0.378 e. The molecule has 0 radical (unpaired) electrons. The second-order valence-corrected chi connectivity index (χ2v) is 4.28. The zero-order chi connectivity index (χ0) is 9.97. The summed E-state index contributed by atoms with van der Waals surface area (Å²) in [6, 6.07) is 0.694. The van der Waals surface area contributed by atoms with Crippen LogP contribution in [0.4, 0.5) is 0 Å². The standard InChI is InChI=1S/C11H19NO2/c1-2-14-11-7-9(8-11)12-5-3-10(13)4-6-12/h9,11H,2-8H2,1H3. The average molecular weight is 197 g/mol. The molecule has 0 spiro atoms. The molecule has 3 heteroatoms. The topological polar surface area (TPSA) is 29.5 Å². The molecule has 0 aromatic carbocycles. The van der Waals surface area contributed by atoms with Gasteiger partial charge in [-0.2, -0.15) is 0 Å². The van der Waals surface area contributed by atoms with Gasteiger partial charge in [-0.05, 0) is 19.8 Å².